The Labute approximate surface area is 77.5 Å². The summed E-state index contributed by atoms with van der Waals surface area (Å²) in [4.78, 5) is 0. The molecule has 76 valence electrons. The van der Waals surface area contributed by atoms with Gasteiger partial charge in [-0.25, -0.2) is 0 Å². The molecular weight excluding hydrogens is 172 g/mol. The molecule has 4 atom stereocenters. The topological polar surface area (TPSA) is 58.9 Å². The molecule has 13 heavy (non-hydrogen) atoms. The summed E-state index contributed by atoms with van der Waals surface area (Å²) in [5.74, 6) is 0.0509. The Bertz CT molecular complexity index is 173. The number of rotatable bonds is 1. The molecule has 2 aliphatic rings. The molecule has 0 aromatic rings. The Balaban J connectivity index is 1.91. The lowest BCUT2D eigenvalue weighted by molar-refractivity contribution is -0.0846. The molecule has 0 aromatic heterocycles. The van der Waals surface area contributed by atoms with Gasteiger partial charge in [-0.1, -0.05) is 0 Å². The van der Waals surface area contributed by atoms with Gasteiger partial charge < -0.3 is 19.7 Å². The zero-order valence-corrected chi connectivity index (χ0v) is 7.56. The number of hydrogen-bond acceptors (Lipinski definition) is 4. The van der Waals surface area contributed by atoms with Gasteiger partial charge in [0.2, 0.25) is 0 Å². The summed E-state index contributed by atoms with van der Waals surface area (Å²) in [5.41, 5.74) is 0. The van der Waals surface area contributed by atoms with E-state index in [4.69, 9.17) is 9.47 Å². The minimum atomic E-state index is -0.421. The first kappa shape index (κ1) is 9.40. The van der Waals surface area contributed by atoms with E-state index in [0.717, 1.165) is 0 Å². The lowest BCUT2D eigenvalue weighted by Crippen LogP contribution is -2.39. The first-order chi connectivity index (χ1) is 6.27. The van der Waals surface area contributed by atoms with Crippen LogP contribution in [0, 0.1) is 5.92 Å². The summed E-state index contributed by atoms with van der Waals surface area (Å²) in [6.45, 7) is 1.55. The number of aliphatic hydroxyl groups excluding tert-OH is 2. The molecule has 3 unspecified atom stereocenters. The molecule has 2 heterocycles. The van der Waals surface area contributed by atoms with Crippen molar-refractivity contribution in [2.24, 2.45) is 5.92 Å². The van der Waals surface area contributed by atoms with Crippen LogP contribution in [-0.2, 0) is 9.47 Å². The van der Waals surface area contributed by atoms with E-state index in [1.165, 1.54) is 0 Å². The number of hydrogen-bond donors (Lipinski definition) is 2. The van der Waals surface area contributed by atoms with Crippen LogP contribution in [0.4, 0.5) is 0 Å². The average molecular weight is 188 g/mol. The van der Waals surface area contributed by atoms with Crippen molar-refractivity contribution >= 4 is 0 Å². The lowest BCUT2D eigenvalue weighted by atomic mass is 9.92. The standard InChI is InChI=1S/C9H16O4/c10-6-1-2-13-9(3-6)7-4-12-5-8(7)11/h6-11H,1-5H2/t6?,7?,8-,9?/m1/s1. The molecule has 0 radical (unpaired) electrons. The van der Waals surface area contributed by atoms with Gasteiger partial charge >= 0.3 is 0 Å². The van der Waals surface area contributed by atoms with Crippen LogP contribution in [0.1, 0.15) is 12.8 Å². The highest BCUT2D eigenvalue weighted by Gasteiger charge is 2.36. The minimum Gasteiger partial charge on any atom is -0.393 e. The van der Waals surface area contributed by atoms with E-state index in [2.05, 4.69) is 0 Å². The lowest BCUT2D eigenvalue weighted by Gasteiger charge is -2.31. The van der Waals surface area contributed by atoms with E-state index in [0.29, 0.717) is 32.7 Å². The van der Waals surface area contributed by atoms with E-state index in [9.17, 15) is 10.2 Å². The summed E-state index contributed by atoms with van der Waals surface area (Å²) in [6, 6.07) is 0. The molecule has 0 saturated carbocycles. The van der Waals surface area contributed by atoms with Gasteiger partial charge in [0.15, 0.2) is 0 Å². The molecular formula is C9H16O4. The third-order valence-electron chi connectivity index (χ3n) is 2.86. The van der Waals surface area contributed by atoms with Gasteiger partial charge in [-0.05, 0) is 6.42 Å². The smallest absolute Gasteiger partial charge is 0.0848 e. The Morgan fingerprint density at radius 1 is 1.15 bits per heavy atom. The first-order valence-electron chi connectivity index (χ1n) is 4.83. The van der Waals surface area contributed by atoms with Crippen LogP contribution < -0.4 is 0 Å². The van der Waals surface area contributed by atoms with Crippen LogP contribution >= 0.6 is 0 Å². The number of ether oxygens (including phenoxy) is 2. The average Bonchev–Trinajstić information content (AvgIpc) is 2.51. The Morgan fingerprint density at radius 2 is 2.00 bits per heavy atom. The van der Waals surface area contributed by atoms with Crippen molar-refractivity contribution in [2.75, 3.05) is 19.8 Å². The van der Waals surface area contributed by atoms with Gasteiger partial charge in [0, 0.05) is 18.9 Å². The second-order valence-electron chi connectivity index (χ2n) is 3.86. The largest absolute Gasteiger partial charge is 0.393 e. The summed E-state index contributed by atoms with van der Waals surface area (Å²) < 4.78 is 10.6. The van der Waals surface area contributed by atoms with Crippen molar-refractivity contribution < 1.29 is 19.7 Å². The SMILES string of the molecule is OC1CCOC(C2COC[C@H]2O)C1. The van der Waals surface area contributed by atoms with Crippen LogP contribution in [0.5, 0.6) is 0 Å². The van der Waals surface area contributed by atoms with E-state index >= 15 is 0 Å². The zero-order chi connectivity index (χ0) is 9.26. The third-order valence-corrected chi connectivity index (χ3v) is 2.86. The quantitative estimate of drug-likeness (QED) is 0.584. The molecule has 4 heteroatoms. The van der Waals surface area contributed by atoms with Crippen LogP contribution in [0.2, 0.25) is 0 Å². The molecule has 0 aliphatic carbocycles. The fourth-order valence-corrected chi connectivity index (χ4v) is 2.02. The molecule has 0 amide bonds. The van der Waals surface area contributed by atoms with Gasteiger partial charge in [0.1, 0.15) is 0 Å². The summed E-state index contributed by atoms with van der Waals surface area (Å²) >= 11 is 0. The molecule has 2 N–H and O–H groups in total. The van der Waals surface area contributed by atoms with Crippen LogP contribution in [-0.4, -0.2) is 48.3 Å². The van der Waals surface area contributed by atoms with Gasteiger partial charge in [-0.2, -0.15) is 0 Å². The maximum Gasteiger partial charge on any atom is 0.0848 e. The zero-order valence-electron chi connectivity index (χ0n) is 7.56. The Morgan fingerprint density at radius 3 is 2.62 bits per heavy atom. The van der Waals surface area contributed by atoms with Crippen molar-refractivity contribution in [1.82, 2.24) is 0 Å². The van der Waals surface area contributed by atoms with Gasteiger partial charge in [-0.3, -0.25) is 0 Å². The Kier molecular flexibility index (Phi) is 2.83. The molecule has 2 fully saturated rings. The Hall–Kier alpha value is -0.160. The van der Waals surface area contributed by atoms with Crippen LogP contribution in [0.3, 0.4) is 0 Å². The molecule has 2 aliphatic heterocycles. The van der Waals surface area contributed by atoms with E-state index in [-0.39, 0.29) is 18.1 Å². The summed E-state index contributed by atoms with van der Waals surface area (Å²) in [5, 5.41) is 19.0. The maximum absolute atomic E-state index is 9.54. The predicted octanol–water partition coefficient (Wildman–Crippen LogP) is -0.466. The van der Waals surface area contributed by atoms with Gasteiger partial charge in [0.05, 0.1) is 31.5 Å². The maximum atomic E-state index is 9.54. The first-order valence-corrected chi connectivity index (χ1v) is 4.83. The molecule has 0 aromatic carbocycles. The molecule has 2 rings (SSSR count). The number of aliphatic hydroxyl groups is 2. The second-order valence-corrected chi connectivity index (χ2v) is 3.86. The molecule has 4 nitrogen and oxygen atoms in total. The molecule has 0 spiro atoms. The monoisotopic (exact) mass is 188 g/mol. The van der Waals surface area contributed by atoms with Crippen LogP contribution in [0.15, 0.2) is 0 Å². The van der Waals surface area contributed by atoms with Crippen molar-refractivity contribution in [3.63, 3.8) is 0 Å². The fraction of sp³-hybridized carbons (Fsp3) is 1.00. The highest BCUT2D eigenvalue weighted by molar-refractivity contribution is 4.85. The van der Waals surface area contributed by atoms with E-state index in [1.807, 2.05) is 0 Å². The minimum absolute atomic E-state index is 0.0266. The highest BCUT2D eigenvalue weighted by Crippen LogP contribution is 2.26. The van der Waals surface area contributed by atoms with Crippen LogP contribution in [0.25, 0.3) is 0 Å². The normalized spacial score (nSPS) is 46.6. The summed E-state index contributed by atoms with van der Waals surface area (Å²) in [7, 11) is 0. The third kappa shape index (κ3) is 2.02. The van der Waals surface area contributed by atoms with E-state index in [1.54, 1.807) is 0 Å². The fourth-order valence-electron chi connectivity index (χ4n) is 2.02. The highest BCUT2D eigenvalue weighted by atomic mass is 16.5. The van der Waals surface area contributed by atoms with Crippen molar-refractivity contribution in [3.05, 3.63) is 0 Å². The van der Waals surface area contributed by atoms with Crippen molar-refractivity contribution in [3.8, 4) is 0 Å². The predicted molar refractivity (Wildman–Crippen MR) is 45.3 cm³/mol. The second kappa shape index (κ2) is 3.92. The molecule has 2 saturated heterocycles. The molecule has 0 bridgehead atoms. The van der Waals surface area contributed by atoms with Gasteiger partial charge in [-0.15, -0.1) is 0 Å². The van der Waals surface area contributed by atoms with Crippen molar-refractivity contribution in [1.29, 1.82) is 0 Å². The van der Waals surface area contributed by atoms with Crippen molar-refractivity contribution in [2.45, 2.75) is 31.2 Å². The van der Waals surface area contributed by atoms with E-state index < -0.39 is 6.10 Å². The van der Waals surface area contributed by atoms with Gasteiger partial charge in [0.25, 0.3) is 0 Å². The summed E-state index contributed by atoms with van der Waals surface area (Å²) in [6.07, 6.45) is 0.619.